The van der Waals surface area contributed by atoms with E-state index in [4.69, 9.17) is 0 Å². The van der Waals surface area contributed by atoms with Crippen LogP contribution in [0.5, 0.6) is 0 Å². The molecule has 0 bridgehead atoms. The molecule has 0 saturated carbocycles. The molecule has 3 aliphatic heterocycles. The highest BCUT2D eigenvalue weighted by Crippen LogP contribution is 2.45. The molecule has 1 unspecified atom stereocenters. The number of fused-ring (bicyclic) bond motifs is 1. The summed E-state index contributed by atoms with van der Waals surface area (Å²) in [5, 5.41) is 2.31. The van der Waals surface area contributed by atoms with Gasteiger partial charge >= 0.3 is 0 Å². The van der Waals surface area contributed by atoms with E-state index in [0.29, 0.717) is 31.5 Å². The number of piperidine rings is 2. The summed E-state index contributed by atoms with van der Waals surface area (Å²) in [4.78, 5) is 40.1. The normalized spacial score (nSPS) is 22.9. The number of benzene rings is 3. The smallest absolute Gasteiger partial charge is 0.264 e. The predicted molar refractivity (Wildman–Crippen MR) is 146 cm³/mol. The maximum Gasteiger partial charge on any atom is 0.264 e. The minimum Gasteiger partial charge on any atom is -0.322 e. The van der Waals surface area contributed by atoms with Gasteiger partial charge in [-0.05, 0) is 47.7 Å². The maximum atomic E-state index is 15.9. The summed E-state index contributed by atoms with van der Waals surface area (Å²) in [7, 11) is 0. The second-order valence-electron chi connectivity index (χ2n) is 11.1. The van der Waals surface area contributed by atoms with E-state index >= 15 is 8.78 Å². The Balaban J connectivity index is 1.17. The first-order chi connectivity index (χ1) is 19.3. The van der Waals surface area contributed by atoms with Crippen molar-refractivity contribution in [1.82, 2.24) is 15.1 Å². The van der Waals surface area contributed by atoms with Crippen LogP contribution >= 0.6 is 0 Å². The third-order valence-electron chi connectivity index (χ3n) is 8.45. The molecule has 3 aromatic rings. The molecule has 206 valence electrons. The van der Waals surface area contributed by atoms with Gasteiger partial charge in [0.25, 0.3) is 11.8 Å². The van der Waals surface area contributed by atoms with E-state index < -0.39 is 29.7 Å². The standard InChI is InChI=1S/C32H31F2N3O3/c33-32(34)20-36(16-15-26(32)29(22-7-3-1-4-8-22)23-9-5-2-6-10-23)18-21-11-12-25-24(17-21)19-37(31(25)40)27-13-14-28(38)35-30(27)39/h1-12,17,26-27,29H,13-16,18-20H2,(H,35,38,39)/t26-,27?/m1/s1. The molecule has 0 radical (unpaired) electrons. The molecule has 3 aliphatic rings. The van der Waals surface area contributed by atoms with Crippen LogP contribution in [0.4, 0.5) is 8.78 Å². The molecule has 6 nitrogen and oxygen atoms in total. The third kappa shape index (κ3) is 5.04. The highest BCUT2D eigenvalue weighted by Gasteiger charge is 2.49. The van der Waals surface area contributed by atoms with Crippen LogP contribution in [-0.4, -0.2) is 52.6 Å². The van der Waals surface area contributed by atoms with Gasteiger partial charge in [0.1, 0.15) is 6.04 Å². The lowest BCUT2D eigenvalue weighted by Crippen LogP contribution is -2.52. The number of imide groups is 1. The highest BCUT2D eigenvalue weighted by atomic mass is 19.3. The van der Waals surface area contributed by atoms with Crippen LogP contribution < -0.4 is 5.32 Å². The van der Waals surface area contributed by atoms with Crippen molar-refractivity contribution in [3.05, 3.63) is 107 Å². The molecular formula is C32H31F2N3O3. The van der Waals surface area contributed by atoms with Gasteiger partial charge in [0.15, 0.2) is 0 Å². The second kappa shape index (κ2) is 10.6. The molecule has 8 heteroatoms. The Bertz CT molecular complexity index is 1390. The van der Waals surface area contributed by atoms with Crippen molar-refractivity contribution < 1.29 is 23.2 Å². The lowest BCUT2D eigenvalue weighted by Gasteiger charge is -2.42. The summed E-state index contributed by atoms with van der Waals surface area (Å²) < 4.78 is 31.8. The number of carbonyl (C=O) groups excluding carboxylic acids is 3. The van der Waals surface area contributed by atoms with E-state index in [1.807, 2.05) is 72.8 Å². The van der Waals surface area contributed by atoms with E-state index in [-0.39, 0.29) is 31.3 Å². The van der Waals surface area contributed by atoms with Crippen LogP contribution in [0.15, 0.2) is 78.9 Å². The Morgan fingerprint density at radius 2 is 1.57 bits per heavy atom. The Kier molecular flexibility index (Phi) is 6.96. The van der Waals surface area contributed by atoms with Crippen molar-refractivity contribution in [3.63, 3.8) is 0 Å². The summed E-state index contributed by atoms with van der Waals surface area (Å²) >= 11 is 0. The molecular weight excluding hydrogens is 512 g/mol. The van der Waals surface area contributed by atoms with Crippen molar-refractivity contribution in [1.29, 1.82) is 0 Å². The average Bonchev–Trinajstić information content (AvgIpc) is 3.26. The summed E-state index contributed by atoms with van der Waals surface area (Å²) in [6.07, 6.45) is 0.851. The Morgan fingerprint density at radius 3 is 2.20 bits per heavy atom. The first-order valence-corrected chi connectivity index (χ1v) is 13.8. The molecule has 2 atom stereocenters. The lowest BCUT2D eigenvalue weighted by atomic mass is 9.74. The number of hydrogen-bond acceptors (Lipinski definition) is 4. The molecule has 3 amide bonds. The van der Waals surface area contributed by atoms with Crippen molar-refractivity contribution in [2.24, 2.45) is 5.92 Å². The average molecular weight is 544 g/mol. The van der Waals surface area contributed by atoms with Gasteiger partial charge in [0.05, 0.1) is 6.54 Å². The topological polar surface area (TPSA) is 69.7 Å². The molecule has 1 N–H and O–H groups in total. The number of alkyl halides is 2. The van der Waals surface area contributed by atoms with Gasteiger partial charge in [-0.25, -0.2) is 8.78 Å². The maximum absolute atomic E-state index is 15.9. The Labute approximate surface area is 232 Å². The molecule has 3 heterocycles. The van der Waals surface area contributed by atoms with Crippen molar-refractivity contribution in [3.8, 4) is 0 Å². The predicted octanol–water partition coefficient (Wildman–Crippen LogP) is 4.74. The number of rotatable bonds is 6. The van der Waals surface area contributed by atoms with E-state index in [1.54, 1.807) is 11.0 Å². The molecule has 6 rings (SSSR count). The largest absolute Gasteiger partial charge is 0.322 e. The molecule has 0 aliphatic carbocycles. The second-order valence-corrected chi connectivity index (χ2v) is 11.1. The van der Waals surface area contributed by atoms with Crippen LogP contribution in [0.2, 0.25) is 0 Å². The van der Waals surface area contributed by atoms with Crippen molar-refractivity contribution in [2.75, 3.05) is 13.1 Å². The van der Waals surface area contributed by atoms with Crippen molar-refractivity contribution in [2.45, 2.75) is 50.2 Å². The summed E-state index contributed by atoms with van der Waals surface area (Å²) in [5.41, 5.74) is 3.95. The third-order valence-corrected chi connectivity index (χ3v) is 8.45. The van der Waals surface area contributed by atoms with E-state index in [0.717, 1.165) is 22.3 Å². The summed E-state index contributed by atoms with van der Waals surface area (Å²) in [6, 6.07) is 23.9. The van der Waals surface area contributed by atoms with E-state index in [9.17, 15) is 14.4 Å². The number of nitrogens with one attached hydrogen (secondary N) is 1. The summed E-state index contributed by atoms with van der Waals surface area (Å²) in [6.45, 7) is 0.812. The van der Waals surface area contributed by atoms with Gasteiger partial charge in [-0.15, -0.1) is 0 Å². The van der Waals surface area contributed by atoms with Crippen LogP contribution in [0.1, 0.15) is 57.8 Å². The Morgan fingerprint density at radius 1 is 0.900 bits per heavy atom. The number of likely N-dealkylation sites (tertiary alicyclic amines) is 1. The van der Waals surface area contributed by atoms with Gasteiger partial charge in [-0.1, -0.05) is 72.8 Å². The zero-order chi connectivity index (χ0) is 27.9. The van der Waals surface area contributed by atoms with Crippen LogP contribution in [0, 0.1) is 5.92 Å². The minimum absolute atomic E-state index is 0.196. The molecule has 0 aromatic heterocycles. The fourth-order valence-corrected chi connectivity index (χ4v) is 6.53. The molecule has 2 fully saturated rings. The van der Waals surface area contributed by atoms with Crippen molar-refractivity contribution >= 4 is 17.7 Å². The lowest BCUT2D eigenvalue weighted by molar-refractivity contribution is -0.136. The monoisotopic (exact) mass is 543 g/mol. The van der Waals surface area contributed by atoms with Gasteiger partial charge in [-0.2, -0.15) is 0 Å². The number of hydrogen-bond donors (Lipinski definition) is 1. The first-order valence-electron chi connectivity index (χ1n) is 13.8. The highest BCUT2D eigenvalue weighted by molar-refractivity contribution is 6.05. The van der Waals surface area contributed by atoms with E-state index in [2.05, 4.69) is 5.32 Å². The first kappa shape index (κ1) is 26.3. The number of amides is 3. The van der Waals surface area contributed by atoms with E-state index in [1.165, 1.54) is 4.90 Å². The quantitative estimate of drug-likeness (QED) is 0.456. The number of nitrogens with zero attached hydrogens (tertiary/aromatic N) is 2. The minimum atomic E-state index is -2.90. The van der Waals surface area contributed by atoms with Gasteiger partial charge in [0, 0.05) is 36.9 Å². The fraction of sp³-hybridized carbons (Fsp3) is 0.344. The number of carbonyl (C=O) groups is 3. The number of halogens is 2. The molecule has 2 saturated heterocycles. The van der Waals surface area contributed by atoms with Gasteiger partial charge in [-0.3, -0.25) is 24.6 Å². The molecule has 40 heavy (non-hydrogen) atoms. The molecule has 0 spiro atoms. The van der Waals surface area contributed by atoms with Crippen LogP contribution in [0.25, 0.3) is 0 Å². The Hall–Kier alpha value is -3.91. The van der Waals surface area contributed by atoms with Crippen LogP contribution in [0.3, 0.4) is 0 Å². The summed E-state index contributed by atoms with van der Waals surface area (Å²) in [5.74, 6) is -5.14. The SMILES string of the molecule is O=C1CCC(N2Cc3cc(CN4CC[C@H](C(c5ccccc5)c5ccccc5)C(F)(F)C4)ccc3C2=O)C(=O)N1. The zero-order valence-electron chi connectivity index (χ0n) is 22.1. The molecule has 3 aromatic carbocycles. The van der Waals surface area contributed by atoms with Gasteiger partial charge < -0.3 is 4.90 Å². The van der Waals surface area contributed by atoms with Crippen LogP contribution in [-0.2, 0) is 22.7 Å². The fourth-order valence-electron chi connectivity index (χ4n) is 6.53. The van der Waals surface area contributed by atoms with Gasteiger partial charge in [0.2, 0.25) is 11.8 Å². The zero-order valence-corrected chi connectivity index (χ0v) is 22.1.